The van der Waals surface area contributed by atoms with Crippen molar-refractivity contribution in [2.75, 3.05) is 11.9 Å². The number of rotatable bonds is 7. The first-order chi connectivity index (χ1) is 12.0. The Hall–Kier alpha value is -2.66. The van der Waals surface area contributed by atoms with E-state index in [0.29, 0.717) is 28.4 Å². The van der Waals surface area contributed by atoms with Crippen LogP contribution in [0.15, 0.2) is 48.5 Å². The van der Waals surface area contributed by atoms with E-state index in [-0.39, 0.29) is 30.4 Å². The van der Waals surface area contributed by atoms with Gasteiger partial charge in [0.1, 0.15) is 0 Å². The summed E-state index contributed by atoms with van der Waals surface area (Å²) in [5.74, 6) is -0.602. The second-order valence-corrected chi connectivity index (χ2v) is 5.85. The number of amides is 2. The monoisotopic (exact) mass is 358 g/mol. The lowest BCUT2D eigenvalue weighted by Gasteiger charge is -2.07. The molecule has 0 fully saturated rings. The summed E-state index contributed by atoms with van der Waals surface area (Å²) < 4.78 is 0. The van der Waals surface area contributed by atoms with Gasteiger partial charge < -0.3 is 10.6 Å². The molecular weight excluding hydrogens is 340 g/mol. The van der Waals surface area contributed by atoms with E-state index < -0.39 is 0 Å². The summed E-state index contributed by atoms with van der Waals surface area (Å²) >= 11 is 5.79. The van der Waals surface area contributed by atoms with Crippen molar-refractivity contribution in [2.24, 2.45) is 0 Å². The van der Waals surface area contributed by atoms with E-state index in [0.717, 1.165) is 0 Å². The molecule has 0 aliphatic heterocycles. The summed E-state index contributed by atoms with van der Waals surface area (Å²) in [7, 11) is 0. The van der Waals surface area contributed by atoms with Crippen LogP contribution in [0.3, 0.4) is 0 Å². The molecule has 2 rings (SSSR count). The number of Topliss-reactive ketones (excluding diaryl/α,β-unsaturated/α-hetero) is 1. The third-order valence-corrected chi connectivity index (χ3v) is 3.74. The van der Waals surface area contributed by atoms with Crippen LogP contribution in [0.1, 0.15) is 40.5 Å². The maximum atomic E-state index is 12.1. The Balaban J connectivity index is 1.90. The molecule has 2 amide bonds. The average molecular weight is 359 g/mol. The highest BCUT2D eigenvalue weighted by molar-refractivity contribution is 6.30. The Morgan fingerprint density at radius 3 is 2.36 bits per heavy atom. The number of benzene rings is 2. The van der Waals surface area contributed by atoms with Crippen LogP contribution in [-0.2, 0) is 4.79 Å². The molecule has 0 saturated heterocycles. The van der Waals surface area contributed by atoms with Crippen molar-refractivity contribution in [2.45, 2.75) is 19.8 Å². The molecule has 5 nitrogen and oxygen atoms in total. The van der Waals surface area contributed by atoms with Gasteiger partial charge in [-0.1, -0.05) is 17.7 Å². The first kappa shape index (κ1) is 18.7. The lowest BCUT2D eigenvalue weighted by atomic mass is 10.1. The van der Waals surface area contributed by atoms with E-state index in [9.17, 15) is 14.4 Å². The van der Waals surface area contributed by atoms with Crippen LogP contribution in [-0.4, -0.2) is 24.1 Å². The van der Waals surface area contributed by atoms with E-state index >= 15 is 0 Å². The first-order valence-corrected chi connectivity index (χ1v) is 8.34. The second kappa shape index (κ2) is 8.99. The fourth-order valence-electron chi connectivity index (χ4n) is 2.23. The van der Waals surface area contributed by atoms with Crippen molar-refractivity contribution in [3.63, 3.8) is 0 Å². The topological polar surface area (TPSA) is 75.3 Å². The minimum Gasteiger partial charge on any atom is -0.352 e. The zero-order valence-electron chi connectivity index (χ0n) is 13.8. The maximum Gasteiger partial charge on any atom is 0.251 e. The molecule has 6 heteroatoms. The number of ketones is 1. The molecule has 2 aromatic rings. The SMILES string of the molecule is CCNC(=O)c1cccc(NC(=O)CCC(=O)c2ccc(Cl)cc2)c1. The minimum atomic E-state index is -0.282. The molecular formula is C19H19ClN2O3. The van der Waals surface area contributed by atoms with E-state index in [4.69, 9.17) is 11.6 Å². The Morgan fingerprint density at radius 2 is 1.68 bits per heavy atom. The number of nitrogens with one attached hydrogen (secondary N) is 2. The molecule has 0 atom stereocenters. The summed E-state index contributed by atoms with van der Waals surface area (Å²) in [5.41, 5.74) is 1.51. The van der Waals surface area contributed by atoms with Crippen molar-refractivity contribution in [3.05, 3.63) is 64.7 Å². The van der Waals surface area contributed by atoms with Gasteiger partial charge in [-0.25, -0.2) is 0 Å². The standard InChI is InChI=1S/C19H19ClN2O3/c1-2-21-19(25)14-4-3-5-16(12-14)22-18(24)11-10-17(23)13-6-8-15(20)9-7-13/h3-9,12H,2,10-11H2,1H3,(H,21,25)(H,22,24). The molecule has 0 aromatic heterocycles. The van der Waals surface area contributed by atoms with Crippen LogP contribution in [0.4, 0.5) is 5.69 Å². The van der Waals surface area contributed by atoms with Gasteiger partial charge >= 0.3 is 0 Å². The molecule has 0 aliphatic rings. The molecule has 2 aromatic carbocycles. The molecule has 0 unspecified atom stereocenters. The van der Waals surface area contributed by atoms with Crippen molar-refractivity contribution in [3.8, 4) is 0 Å². The Labute approximate surface area is 151 Å². The first-order valence-electron chi connectivity index (χ1n) is 7.96. The lowest BCUT2D eigenvalue weighted by Crippen LogP contribution is -2.22. The Kier molecular flexibility index (Phi) is 6.71. The van der Waals surface area contributed by atoms with Gasteiger partial charge in [-0.3, -0.25) is 14.4 Å². The predicted octanol–water partition coefficient (Wildman–Crippen LogP) is 3.69. The normalized spacial score (nSPS) is 10.2. The van der Waals surface area contributed by atoms with Crippen molar-refractivity contribution in [1.29, 1.82) is 0 Å². The van der Waals surface area contributed by atoms with Crippen LogP contribution < -0.4 is 10.6 Å². The summed E-state index contributed by atoms with van der Waals surface area (Å²) in [6, 6.07) is 13.2. The molecule has 2 N–H and O–H groups in total. The van der Waals surface area contributed by atoms with Crippen molar-refractivity contribution in [1.82, 2.24) is 5.32 Å². The summed E-state index contributed by atoms with van der Waals surface area (Å²) in [5, 5.41) is 5.96. The van der Waals surface area contributed by atoms with E-state index in [2.05, 4.69) is 10.6 Å². The predicted molar refractivity (Wildman–Crippen MR) is 98.1 cm³/mol. The van der Waals surface area contributed by atoms with Crippen LogP contribution in [0, 0.1) is 0 Å². The molecule has 25 heavy (non-hydrogen) atoms. The van der Waals surface area contributed by atoms with Crippen molar-refractivity contribution < 1.29 is 14.4 Å². The van der Waals surface area contributed by atoms with Gasteiger partial charge in [0, 0.05) is 41.2 Å². The van der Waals surface area contributed by atoms with E-state index in [1.165, 1.54) is 0 Å². The van der Waals surface area contributed by atoms with Gasteiger partial charge in [0.15, 0.2) is 5.78 Å². The zero-order valence-corrected chi connectivity index (χ0v) is 14.6. The Morgan fingerprint density at radius 1 is 0.960 bits per heavy atom. The average Bonchev–Trinajstić information content (AvgIpc) is 2.61. The maximum absolute atomic E-state index is 12.1. The summed E-state index contributed by atoms with van der Waals surface area (Å²) in [4.78, 5) is 35.9. The molecule has 0 spiro atoms. The summed E-state index contributed by atoms with van der Waals surface area (Å²) in [6.45, 7) is 2.36. The molecule has 130 valence electrons. The number of carbonyl (C=O) groups excluding carboxylic acids is 3. The highest BCUT2D eigenvalue weighted by atomic mass is 35.5. The van der Waals surface area contributed by atoms with Gasteiger partial charge in [0.05, 0.1) is 0 Å². The molecule has 0 bridgehead atoms. The van der Waals surface area contributed by atoms with Gasteiger partial charge in [-0.05, 0) is 49.4 Å². The smallest absolute Gasteiger partial charge is 0.251 e. The van der Waals surface area contributed by atoms with Crippen LogP contribution in [0.2, 0.25) is 5.02 Å². The molecule has 0 radical (unpaired) electrons. The number of halogens is 1. The molecule has 0 heterocycles. The van der Waals surface area contributed by atoms with Crippen LogP contribution >= 0.6 is 11.6 Å². The second-order valence-electron chi connectivity index (χ2n) is 5.42. The minimum absolute atomic E-state index is 0.0623. The number of hydrogen-bond acceptors (Lipinski definition) is 3. The molecule has 0 saturated carbocycles. The largest absolute Gasteiger partial charge is 0.352 e. The number of anilines is 1. The Bertz CT molecular complexity index is 772. The summed E-state index contributed by atoms with van der Waals surface area (Å²) in [6.07, 6.45) is 0.163. The number of carbonyl (C=O) groups is 3. The van der Waals surface area contributed by atoms with Crippen LogP contribution in [0.25, 0.3) is 0 Å². The van der Waals surface area contributed by atoms with Crippen molar-refractivity contribution >= 4 is 34.9 Å². The van der Waals surface area contributed by atoms with Gasteiger partial charge in [-0.2, -0.15) is 0 Å². The quantitative estimate of drug-likeness (QED) is 0.741. The third-order valence-electron chi connectivity index (χ3n) is 3.49. The zero-order chi connectivity index (χ0) is 18.2. The highest BCUT2D eigenvalue weighted by Crippen LogP contribution is 2.14. The van der Waals surface area contributed by atoms with E-state index in [1.807, 2.05) is 6.92 Å². The van der Waals surface area contributed by atoms with Crippen LogP contribution in [0.5, 0.6) is 0 Å². The highest BCUT2D eigenvalue weighted by Gasteiger charge is 2.11. The fraction of sp³-hybridized carbons (Fsp3) is 0.211. The third kappa shape index (κ3) is 5.72. The fourth-order valence-corrected chi connectivity index (χ4v) is 2.36. The number of hydrogen-bond donors (Lipinski definition) is 2. The van der Waals surface area contributed by atoms with Gasteiger partial charge in [0.2, 0.25) is 5.91 Å². The van der Waals surface area contributed by atoms with Gasteiger partial charge in [-0.15, -0.1) is 0 Å². The molecule has 0 aliphatic carbocycles. The van der Waals surface area contributed by atoms with Gasteiger partial charge in [0.25, 0.3) is 5.91 Å². The van der Waals surface area contributed by atoms with E-state index in [1.54, 1.807) is 48.5 Å². The lowest BCUT2D eigenvalue weighted by molar-refractivity contribution is -0.116.